The number of hydrogen-bond acceptors (Lipinski definition) is 3. The van der Waals surface area contributed by atoms with Crippen LogP contribution in [0.3, 0.4) is 0 Å². The lowest BCUT2D eigenvalue weighted by Crippen LogP contribution is -2.14. The average Bonchev–Trinajstić information content (AvgIpc) is 2.71. The monoisotopic (exact) mass is 369 g/mol. The molecule has 0 bridgehead atoms. The first-order chi connectivity index (χ1) is 13.3. The molecule has 0 saturated carbocycles. The summed E-state index contributed by atoms with van der Waals surface area (Å²) in [4.78, 5) is 0. The number of ether oxygens (including phenoxy) is 2. The third kappa shape index (κ3) is 8.49. The van der Waals surface area contributed by atoms with Gasteiger partial charge in [-0.1, -0.05) is 75.9 Å². The summed E-state index contributed by atoms with van der Waals surface area (Å²) in [5.74, 6) is 1.85. The SMILES string of the molecule is CCCCCOc1ccc(CNCc2ccccc2)c(OCCCCC)c1. The average molecular weight is 370 g/mol. The van der Waals surface area contributed by atoms with E-state index in [0.717, 1.165) is 50.6 Å². The molecule has 0 unspecified atom stereocenters. The predicted molar refractivity (Wildman–Crippen MR) is 113 cm³/mol. The molecule has 0 spiro atoms. The minimum absolute atomic E-state index is 0.763. The van der Waals surface area contributed by atoms with E-state index in [1.807, 2.05) is 6.07 Å². The molecule has 3 heteroatoms. The molecule has 0 aromatic heterocycles. The number of nitrogens with one attached hydrogen (secondary N) is 1. The van der Waals surface area contributed by atoms with E-state index < -0.39 is 0 Å². The second-order valence-electron chi connectivity index (χ2n) is 6.97. The van der Waals surface area contributed by atoms with E-state index in [2.05, 4.69) is 61.6 Å². The Balaban J connectivity index is 1.92. The fourth-order valence-electron chi connectivity index (χ4n) is 2.92. The Bertz CT molecular complexity index is 628. The zero-order valence-electron chi connectivity index (χ0n) is 17.0. The van der Waals surface area contributed by atoms with Crippen molar-refractivity contribution in [3.05, 3.63) is 59.7 Å². The summed E-state index contributed by atoms with van der Waals surface area (Å²) in [7, 11) is 0. The molecular formula is C24H35NO2. The molecule has 0 saturated heterocycles. The van der Waals surface area contributed by atoms with Gasteiger partial charge in [-0.15, -0.1) is 0 Å². The molecule has 2 aromatic rings. The van der Waals surface area contributed by atoms with E-state index in [1.165, 1.54) is 36.8 Å². The Kier molecular flexibility index (Phi) is 10.4. The van der Waals surface area contributed by atoms with Crippen molar-refractivity contribution >= 4 is 0 Å². The summed E-state index contributed by atoms with van der Waals surface area (Å²) in [5, 5.41) is 3.52. The van der Waals surface area contributed by atoms with Crippen LogP contribution in [0.25, 0.3) is 0 Å². The Hall–Kier alpha value is -2.00. The largest absolute Gasteiger partial charge is 0.493 e. The standard InChI is InChI=1S/C24H35NO2/c1-3-5-10-16-26-23-15-14-22(24(18-23)27-17-11-6-4-2)20-25-19-21-12-8-7-9-13-21/h7-9,12-15,18,25H,3-6,10-11,16-17,19-20H2,1-2H3. The molecule has 0 heterocycles. The van der Waals surface area contributed by atoms with Crippen LogP contribution in [-0.4, -0.2) is 13.2 Å². The molecule has 1 N–H and O–H groups in total. The molecule has 0 aliphatic carbocycles. The smallest absolute Gasteiger partial charge is 0.127 e. The van der Waals surface area contributed by atoms with Gasteiger partial charge in [-0.25, -0.2) is 0 Å². The summed E-state index contributed by atoms with van der Waals surface area (Å²) >= 11 is 0. The number of hydrogen-bond donors (Lipinski definition) is 1. The minimum Gasteiger partial charge on any atom is -0.493 e. The van der Waals surface area contributed by atoms with Crippen molar-refractivity contribution in [3.8, 4) is 11.5 Å². The highest BCUT2D eigenvalue weighted by Gasteiger charge is 2.07. The highest BCUT2D eigenvalue weighted by molar-refractivity contribution is 5.40. The Morgan fingerprint density at radius 2 is 1.44 bits per heavy atom. The first-order valence-electron chi connectivity index (χ1n) is 10.5. The molecule has 2 aromatic carbocycles. The van der Waals surface area contributed by atoms with Gasteiger partial charge in [0.2, 0.25) is 0 Å². The zero-order valence-corrected chi connectivity index (χ0v) is 17.0. The molecule has 3 nitrogen and oxygen atoms in total. The molecule has 2 rings (SSSR count). The summed E-state index contributed by atoms with van der Waals surface area (Å²) in [6.07, 6.45) is 7.02. The molecule has 27 heavy (non-hydrogen) atoms. The van der Waals surface area contributed by atoms with Crippen molar-refractivity contribution in [3.63, 3.8) is 0 Å². The van der Waals surface area contributed by atoms with Crippen LogP contribution in [0.15, 0.2) is 48.5 Å². The van der Waals surface area contributed by atoms with Crippen molar-refractivity contribution in [1.29, 1.82) is 0 Å². The van der Waals surface area contributed by atoms with Crippen molar-refractivity contribution in [1.82, 2.24) is 5.32 Å². The molecule has 0 aliphatic heterocycles. The van der Waals surface area contributed by atoms with Crippen LogP contribution in [0, 0.1) is 0 Å². The first kappa shape index (κ1) is 21.3. The van der Waals surface area contributed by atoms with Crippen molar-refractivity contribution in [2.24, 2.45) is 0 Å². The van der Waals surface area contributed by atoms with Crippen molar-refractivity contribution in [2.45, 2.75) is 65.5 Å². The number of rotatable bonds is 14. The lowest BCUT2D eigenvalue weighted by Gasteiger charge is -2.15. The summed E-state index contributed by atoms with van der Waals surface area (Å²) in [6.45, 7) is 7.59. The maximum Gasteiger partial charge on any atom is 0.127 e. The molecule has 148 valence electrons. The van der Waals surface area contributed by atoms with Crippen LogP contribution in [0.1, 0.15) is 63.5 Å². The fraction of sp³-hybridized carbons (Fsp3) is 0.500. The van der Waals surface area contributed by atoms with E-state index in [9.17, 15) is 0 Å². The molecule has 0 radical (unpaired) electrons. The normalized spacial score (nSPS) is 10.7. The minimum atomic E-state index is 0.763. The third-order valence-corrected chi connectivity index (χ3v) is 4.55. The van der Waals surface area contributed by atoms with E-state index in [1.54, 1.807) is 0 Å². The van der Waals surface area contributed by atoms with E-state index in [4.69, 9.17) is 9.47 Å². The fourth-order valence-corrected chi connectivity index (χ4v) is 2.92. The van der Waals surface area contributed by atoms with Crippen LogP contribution in [0.5, 0.6) is 11.5 Å². The second-order valence-corrected chi connectivity index (χ2v) is 6.97. The van der Waals surface area contributed by atoms with Crippen molar-refractivity contribution < 1.29 is 9.47 Å². The zero-order chi connectivity index (χ0) is 19.2. The lowest BCUT2D eigenvalue weighted by atomic mass is 10.1. The van der Waals surface area contributed by atoms with E-state index >= 15 is 0 Å². The van der Waals surface area contributed by atoms with Gasteiger partial charge in [-0.2, -0.15) is 0 Å². The van der Waals surface area contributed by atoms with Crippen LogP contribution >= 0.6 is 0 Å². The van der Waals surface area contributed by atoms with Gasteiger partial charge < -0.3 is 14.8 Å². The van der Waals surface area contributed by atoms with Crippen LogP contribution in [-0.2, 0) is 13.1 Å². The van der Waals surface area contributed by atoms with Gasteiger partial charge in [0.05, 0.1) is 13.2 Å². The maximum absolute atomic E-state index is 6.09. The maximum atomic E-state index is 6.09. The summed E-state index contributed by atoms with van der Waals surface area (Å²) in [6, 6.07) is 16.7. The van der Waals surface area contributed by atoms with Crippen molar-refractivity contribution in [2.75, 3.05) is 13.2 Å². The Labute approximate surface area is 165 Å². The lowest BCUT2D eigenvalue weighted by molar-refractivity contribution is 0.289. The highest BCUT2D eigenvalue weighted by Crippen LogP contribution is 2.26. The second kappa shape index (κ2) is 13.2. The van der Waals surface area contributed by atoms with Gasteiger partial charge in [0.25, 0.3) is 0 Å². The summed E-state index contributed by atoms with van der Waals surface area (Å²) < 4.78 is 12.0. The van der Waals surface area contributed by atoms with Gasteiger partial charge in [0.15, 0.2) is 0 Å². The molecule has 0 atom stereocenters. The summed E-state index contributed by atoms with van der Waals surface area (Å²) in [5.41, 5.74) is 2.47. The molecule has 0 aliphatic rings. The van der Waals surface area contributed by atoms with Gasteiger partial charge in [-0.3, -0.25) is 0 Å². The Morgan fingerprint density at radius 1 is 0.741 bits per heavy atom. The molecule has 0 fully saturated rings. The highest BCUT2D eigenvalue weighted by atomic mass is 16.5. The van der Waals surface area contributed by atoms with E-state index in [0.29, 0.717) is 0 Å². The molecule has 0 amide bonds. The van der Waals surface area contributed by atoms with Gasteiger partial charge in [0, 0.05) is 24.7 Å². The molecular weight excluding hydrogens is 334 g/mol. The quantitative estimate of drug-likeness (QED) is 0.407. The van der Waals surface area contributed by atoms with Crippen LogP contribution in [0.4, 0.5) is 0 Å². The number of unbranched alkanes of at least 4 members (excludes halogenated alkanes) is 4. The first-order valence-corrected chi connectivity index (χ1v) is 10.5. The van der Waals surface area contributed by atoms with Gasteiger partial charge in [-0.05, 0) is 24.5 Å². The third-order valence-electron chi connectivity index (χ3n) is 4.55. The van der Waals surface area contributed by atoms with E-state index in [-0.39, 0.29) is 0 Å². The van der Waals surface area contributed by atoms with Crippen LogP contribution in [0.2, 0.25) is 0 Å². The Morgan fingerprint density at radius 3 is 2.15 bits per heavy atom. The topological polar surface area (TPSA) is 30.5 Å². The van der Waals surface area contributed by atoms with Gasteiger partial charge in [0.1, 0.15) is 11.5 Å². The number of benzene rings is 2. The van der Waals surface area contributed by atoms with Gasteiger partial charge >= 0.3 is 0 Å². The predicted octanol–water partition coefficient (Wildman–Crippen LogP) is 6.11. The van der Waals surface area contributed by atoms with Crippen LogP contribution < -0.4 is 14.8 Å².